The molecule has 3 heterocycles. The minimum absolute atomic E-state index is 0.188. The van der Waals surface area contributed by atoms with Crippen molar-refractivity contribution in [2.24, 2.45) is 0 Å². The number of pyridine rings is 1. The number of aryl methyl sites for hydroxylation is 1. The van der Waals surface area contributed by atoms with Gasteiger partial charge in [-0.1, -0.05) is 35.5 Å². The number of hydrogen-bond donors (Lipinski definition) is 1. The van der Waals surface area contributed by atoms with Crippen LogP contribution in [0.5, 0.6) is 17.2 Å². The SMILES string of the molecule is COc1ccc(Oc2ccc(N3C(=S)N[C@@H](c4ccccn4)[C@@H]3c3ccc(Sc4ccc(C)cc4)o3)cc2)cc1. The quantitative estimate of drug-likeness (QED) is 0.189. The maximum Gasteiger partial charge on any atom is 0.174 e. The number of methoxy groups -OCH3 is 1. The second-order valence-electron chi connectivity index (χ2n) is 9.34. The predicted octanol–water partition coefficient (Wildman–Crippen LogP) is 8.11. The first-order valence-corrected chi connectivity index (χ1v) is 14.1. The molecule has 1 saturated heterocycles. The Morgan fingerprint density at radius 1 is 0.850 bits per heavy atom. The summed E-state index contributed by atoms with van der Waals surface area (Å²) < 4.78 is 17.7. The zero-order valence-corrected chi connectivity index (χ0v) is 23.6. The molecule has 3 aromatic carbocycles. The molecule has 1 N–H and O–H groups in total. The third-order valence-corrected chi connectivity index (χ3v) is 7.88. The van der Waals surface area contributed by atoms with E-state index in [4.69, 9.17) is 26.1 Å². The molecule has 2 aromatic heterocycles. The van der Waals surface area contributed by atoms with Crippen LogP contribution in [0.3, 0.4) is 0 Å². The first-order valence-electron chi connectivity index (χ1n) is 12.8. The molecule has 6 nitrogen and oxygen atoms in total. The predicted molar refractivity (Wildman–Crippen MR) is 161 cm³/mol. The zero-order chi connectivity index (χ0) is 27.5. The number of thiocarbonyl (C=S) groups is 1. The number of benzene rings is 3. The van der Waals surface area contributed by atoms with Crippen molar-refractivity contribution < 1.29 is 13.9 Å². The van der Waals surface area contributed by atoms with Gasteiger partial charge < -0.3 is 24.1 Å². The van der Waals surface area contributed by atoms with Gasteiger partial charge in [0.2, 0.25) is 0 Å². The molecule has 1 aliphatic heterocycles. The molecule has 1 aliphatic rings. The molecule has 0 amide bonds. The minimum Gasteiger partial charge on any atom is -0.497 e. The van der Waals surface area contributed by atoms with Crippen molar-refractivity contribution >= 4 is 34.8 Å². The van der Waals surface area contributed by atoms with Crippen LogP contribution < -0.4 is 19.7 Å². The Morgan fingerprint density at radius 2 is 1.55 bits per heavy atom. The number of nitrogens with zero attached hydrogens (tertiary/aromatic N) is 2. The smallest absolute Gasteiger partial charge is 0.174 e. The molecule has 1 fully saturated rings. The molecule has 5 aromatic rings. The number of rotatable bonds is 8. The van der Waals surface area contributed by atoms with Crippen LogP contribution in [0.15, 0.2) is 124 Å². The lowest BCUT2D eigenvalue weighted by Crippen LogP contribution is -2.29. The van der Waals surface area contributed by atoms with Gasteiger partial charge >= 0.3 is 0 Å². The minimum atomic E-state index is -0.233. The summed E-state index contributed by atoms with van der Waals surface area (Å²) in [6.45, 7) is 2.08. The molecule has 0 bridgehead atoms. The summed E-state index contributed by atoms with van der Waals surface area (Å²) >= 11 is 7.46. The largest absolute Gasteiger partial charge is 0.497 e. The van der Waals surface area contributed by atoms with Crippen molar-refractivity contribution in [2.75, 3.05) is 12.0 Å². The van der Waals surface area contributed by atoms with Crippen molar-refractivity contribution in [2.45, 2.75) is 29.0 Å². The Balaban J connectivity index is 1.29. The highest BCUT2D eigenvalue weighted by Gasteiger charge is 2.42. The Labute approximate surface area is 243 Å². The van der Waals surface area contributed by atoms with E-state index in [0.29, 0.717) is 5.11 Å². The first kappa shape index (κ1) is 26.0. The summed E-state index contributed by atoms with van der Waals surface area (Å²) in [6, 6.07) is 33.3. The molecule has 0 radical (unpaired) electrons. The Hall–Kier alpha value is -4.27. The lowest BCUT2D eigenvalue weighted by molar-refractivity contribution is 0.383. The fourth-order valence-electron chi connectivity index (χ4n) is 4.65. The summed E-state index contributed by atoms with van der Waals surface area (Å²) in [7, 11) is 1.64. The van der Waals surface area contributed by atoms with Gasteiger partial charge in [0, 0.05) is 16.8 Å². The van der Waals surface area contributed by atoms with Crippen molar-refractivity contribution in [1.82, 2.24) is 10.3 Å². The van der Waals surface area contributed by atoms with E-state index in [9.17, 15) is 0 Å². The van der Waals surface area contributed by atoms with Gasteiger partial charge in [0.25, 0.3) is 0 Å². The van der Waals surface area contributed by atoms with E-state index in [1.807, 2.05) is 78.9 Å². The molecule has 6 rings (SSSR count). The average Bonchev–Trinajstić information content (AvgIpc) is 3.59. The molecule has 0 spiro atoms. The van der Waals surface area contributed by atoms with E-state index >= 15 is 0 Å². The highest BCUT2D eigenvalue weighted by Crippen LogP contribution is 2.43. The number of furan rings is 1. The Kier molecular flexibility index (Phi) is 7.44. The van der Waals surface area contributed by atoms with Crippen LogP contribution in [0.1, 0.15) is 29.1 Å². The zero-order valence-electron chi connectivity index (χ0n) is 22.0. The van der Waals surface area contributed by atoms with Crippen LogP contribution in [0.4, 0.5) is 5.69 Å². The van der Waals surface area contributed by atoms with Crippen molar-refractivity contribution in [3.05, 3.63) is 126 Å². The highest BCUT2D eigenvalue weighted by atomic mass is 32.2. The molecule has 0 aliphatic carbocycles. The highest BCUT2D eigenvalue weighted by molar-refractivity contribution is 7.99. The van der Waals surface area contributed by atoms with Gasteiger partial charge in [0.15, 0.2) is 10.2 Å². The number of nitrogens with one attached hydrogen (secondary N) is 1. The average molecular weight is 566 g/mol. The summed E-state index contributed by atoms with van der Waals surface area (Å²) in [5, 5.41) is 4.91. The second-order valence-corrected chi connectivity index (χ2v) is 10.8. The normalized spacial score (nSPS) is 16.6. The van der Waals surface area contributed by atoms with Gasteiger partial charge in [0.1, 0.15) is 29.1 Å². The van der Waals surface area contributed by atoms with Crippen LogP contribution in [-0.2, 0) is 0 Å². The van der Waals surface area contributed by atoms with Crippen LogP contribution >= 0.6 is 24.0 Å². The molecule has 200 valence electrons. The number of ether oxygens (including phenoxy) is 2. The number of hydrogen-bond acceptors (Lipinski definition) is 6. The molecule has 0 unspecified atom stereocenters. The van der Waals surface area contributed by atoms with Crippen molar-refractivity contribution in [3.8, 4) is 17.2 Å². The van der Waals surface area contributed by atoms with Crippen LogP contribution in [0.2, 0.25) is 0 Å². The maximum atomic E-state index is 6.43. The van der Waals surface area contributed by atoms with Gasteiger partial charge in [-0.15, -0.1) is 0 Å². The third-order valence-electron chi connectivity index (χ3n) is 6.64. The number of anilines is 1. The van der Waals surface area contributed by atoms with Crippen LogP contribution in [0, 0.1) is 6.92 Å². The third kappa shape index (κ3) is 5.54. The molecule has 2 atom stereocenters. The maximum absolute atomic E-state index is 6.43. The lowest BCUT2D eigenvalue weighted by atomic mass is 10.0. The van der Waals surface area contributed by atoms with E-state index in [1.54, 1.807) is 25.1 Å². The topological polar surface area (TPSA) is 59.8 Å². The standard InChI is InChI=1S/C32H27N3O3S2/c1-21-6-16-26(17-7-21)40-29-19-18-28(38-29)31-30(27-5-3-4-20-33-27)34-32(39)35(31)22-8-10-24(11-9-22)37-25-14-12-23(36-2)13-15-25/h3-20,30-31H,1-2H3,(H,34,39)/t30-,31-/m0/s1. The number of aromatic nitrogens is 1. The lowest BCUT2D eigenvalue weighted by Gasteiger charge is -2.26. The Morgan fingerprint density at radius 3 is 2.23 bits per heavy atom. The van der Waals surface area contributed by atoms with Gasteiger partial charge in [0.05, 0.1) is 18.8 Å². The van der Waals surface area contributed by atoms with E-state index in [2.05, 4.69) is 46.4 Å². The summed E-state index contributed by atoms with van der Waals surface area (Å²) in [5.74, 6) is 3.04. The Bertz CT molecular complexity index is 1590. The van der Waals surface area contributed by atoms with Crippen LogP contribution in [-0.4, -0.2) is 17.2 Å². The molecule has 0 saturated carbocycles. The fourth-order valence-corrected chi connectivity index (χ4v) is 5.77. The van der Waals surface area contributed by atoms with Gasteiger partial charge in [-0.25, -0.2) is 0 Å². The van der Waals surface area contributed by atoms with E-state index in [0.717, 1.165) is 44.4 Å². The molecule has 8 heteroatoms. The summed E-state index contributed by atoms with van der Waals surface area (Å²) in [4.78, 5) is 7.84. The molecule has 40 heavy (non-hydrogen) atoms. The first-order chi connectivity index (χ1) is 19.6. The molecular formula is C32H27N3O3S2. The van der Waals surface area contributed by atoms with E-state index in [1.165, 1.54) is 5.56 Å². The van der Waals surface area contributed by atoms with E-state index < -0.39 is 0 Å². The monoisotopic (exact) mass is 565 g/mol. The summed E-state index contributed by atoms with van der Waals surface area (Å²) in [5.41, 5.74) is 3.04. The van der Waals surface area contributed by atoms with Crippen molar-refractivity contribution in [3.63, 3.8) is 0 Å². The fraction of sp³-hybridized carbons (Fsp3) is 0.125. The summed E-state index contributed by atoms with van der Waals surface area (Å²) in [6.07, 6.45) is 1.80. The van der Waals surface area contributed by atoms with Gasteiger partial charge in [-0.3, -0.25) is 4.98 Å². The van der Waals surface area contributed by atoms with Crippen LogP contribution in [0.25, 0.3) is 0 Å². The van der Waals surface area contributed by atoms with E-state index in [-0.39, 0.29) is 12.1 Å². The molecular weight excluding hydrogens is 539 g/mol. The second kappa shape index (κ2) is 11.5. The van der Waals surface area contributed by atoms with Gasteiger partial charge in [-0.05, 0) is 104 Å². The van der Waals surface area contributed by atoms with Crippen molar-refractivity contribution in [1.29, 1.82) is 0 Å². The van der Waals surface area contributed by atoms with Gasteiger partial charge in [-0.2, -0.15) is 0 Å².